The number of hydrogen-bond donors (Lipinski definition) is 0. The molecule has 0 aliphatic carbocycles. The van der Waals surface area contributed by atoms with Crippen molar-refractivity contribution in [1.29, 1.82) is 0 Å². The smallest absolute Gasteiger partial charge is 0.401 e. The van der Waals surface area contributed by atoms with Gasteiger partial charge in [0.2, 0.25) is 22.9 Å². The van der Waals surface area contributed by atoms with Crippen LogP contribution in [0.15, 0.2) is 155 Å². The first-order valence-electron chi connectivity index (χ1n) is 33.3. The molecule has 12 aromatic heterocycles. The summed E-state index contributed by atoms with van der Waals surface area (Å²) in [5.74, 6) is 3.58. The molecule has 12 aromatic rings. The maximum absolute atomic E-state index is 6.14. The largest absolute Gasteiger partial charge is 0.436 e. The number of fused-ring (bicyclic) bond motifs is 12. The minimum Gasteiger partial charge on any atom is -0.436 e. The van der Waals surface area contributed by atoms with Crippen LogP contribution in [0.3, 0.4) is 0 Å². The highest BCUT2D eigenvalue weighted by Crippen LogP contribution is 2.42. The lowest BCUT2D eigenvalue weighted by atomic mass is 9.49. The summed E-state index contributed by atoms with van der Waals surface area (Å²) in [7, 11) is 16.9. The predicted molar refractivity (Wildman–Crippen MR) is 399 cm³/mol. The van der Waals surface area contributed by atoms with Gasteiger partial charge in [0.15, 0.2) is 70.3 Å². The first kappa shape index (κ1) is 65.4. The zero-order valence-electron chi connectivity index (χ0n) is 60.1. The van der Waals surface area contributed by atoms with Crippen molar-refractivity contribution in [3.8, 4) is 0 Å². The Bertz CT molecular complexity index is 5150. The summed E-state index contributed by atoms with van der Waals surface area (Å²) >= 11 is 0. The molecule has 0 atom stereocenters. The van der Waals surface area contributed by atoms with Crippen LogP contribution in [-0.4, -0.2) is 75.5 Å². The van der Waals surface area contributed by atoms with Crippen LogP contribution >= 0.6 is 0 Å². The highest BCUT2D eigenvalue weighted by molar-refractivity contribution is 6.84. The Labute approximate surface area is 571 Å². The molecule has 0 saturated carbocycles. The van der Waals surface area contributed by atoms with Crippen molar-refractivity contribution < 1.29 is 35.9 Å². The maximum Gasteiger partial charge on any atom is 0.401 e. The van der Waals surface area contributed by atoms with Crippen molar-refractivity contribution in [1.82, 2.24) is 19.9 Å². The van der Waals surface area contributed by atoms with Gasteiger partial charge < -0.3 is 36.9 Å². The zero-order valence-corrected chi connectivity index (χ0v) is 60.1. The monoisotopic (exact) mass is 1290 g/mol. The van der Waals surface area contributed by atoms with E-state index in [1.807, 2.05) is 52.0 Å². The van der Waals surface area contributed by atoms with Gasteiger partial charge in [-0.1, -0.05) is 28.0 Å². The van der Waals surface area contributed by atoms with Gasteiger partial charge in [0.25, 0.3) is 0 Å². The number of pyridine rings is 8. The summed E-state index contributed by atoms with van der Waals surface area (Å²) in [5, 5.41) is 4.29. The molecule has 16 nitrogen and oxygen atoms in total. The second-order valence-electron chi connectivity index (χ2n) is 27.5. The number of nitrogens with zero attached hydrogens (tertiary/aromatic N) is 12. The number of hydrogen-bond acceptors (Lipinski definition) is 12. The summed E-state index contributed by atoms with van der Waals surface area (Å²) < 4.78 is 33.0. The molecule has 0 fully saturated rings. The summed E-state index contributed by atoms with van der Waals surface area (Å²) in [5.41, 5.74) is 27.8. The van der Waals surface area contributed by atoms with E-state index in [4.69, 9.17) is 17.7 Å². The molecule has 0 amide bonds. The van der Waals surface area contributed by atoms with E-state index < -0.39 is 0 Å². The van der Waals surface area contributed by atoms with Gasteiger partial charge in [-0.3, -0.25) is 0 Å². The molecule has 0 saturated heterocycles. The van der Waals surface area contributed by atoms with E-state index in [-0.39, 0.29) is 27.4 Å². The molecule has 4 aliphatic heterocycles. The van der Waals surface area contributed by atoms with Crippen LogP contribution in [0.4, 0.5) is 22.9 Å². The second-order valence-corrected chi connectivity index (χ2v) is 27.5. The van der Waals surface area contributed by atoms with Crippen LogP contribution in [0.5, 0.6) is 0 Å². The van der Waals surface area contributed by atoms with Gasteiger partial charge in [-0.15, -0.1) is 0 Å². The first-order valence-corrected chi connectivity index (χ1v) is 33.3. The minimum absolute atomic E-state index is 0.151. The van der Waals surface area contributed by atoms with Crippen LogP contribution in [-0.2, 0) is 28.2 Å². The number of furan rings is 4. The van der Waals surface area contributed by atoms with Crippen molar-refractivity contribution in [3.05, 3.63) is 211 Å². The second kappa shape index (κ2) is 25.4. The summed E-state index contributed by atoms with van der Waals surface area (Å²) in [6, 6.07) is 32.0. The molecule has 4 aliphatic rings. The van der Waals surface area contributed by atoms with E-state index in [2.05, 4.69) is 292 Å². The van der Waals surface area contributed by atoms with Gasteiger partial charge >= 0.3 is 27.4 Å². The van der Waals surface area contributed by atoms with Gasteiger partial charge in [-0.2, -0.15) is 0 Å². The Morgan fingerprint density at radius 3 is 1.11 bits per heavy atom. The number of rotatable bonds is 4. The van der Waals surface area contributed by atoms with E-state index in [1.54, 1.807) is 0 Å². The van der Waals surface area contributed by atoms with Crippen molar-refractivity contribution in [2.75, 3.05) is 47.4 Å². The topological polar surface area (TPSA) is 133 Å². The molecule has 0 radical (unpaired) electrons. The van der Waals surface area contributed by atoms with Gasteiger partial charge in [-0.25, -0.2) is 38.2 Å². The Morgan fingerprint density at radius 2 is 0.691 bits per heavy atom. The van der Waals surface area contributed by atoms with E-state index >= 15 is 0 Å². The standard InChI is InChI=1S/C20H23BN3O.3C19H21BN3O/c1-12-9-18(23(5)11-13(12)2)21-14(3)10-17-16-8-7-15(4)22-19(16)25-20(17)24(21)6;2*1-12-6-9-17(22(4)11-12)20-13(2)10-16-18(23(20)5)15-8-7-14(3)21-19(15)24-16;1-12-8-9-22(4)17(10-12)20-13(2)11-16-18(23(20)5)15-7-6-14(3)21-19(15)24-16/h7-11H,1-6H3;3*6-11H,1-5H3/q4*+1. The highest BCUT2D eigenvalue weighted by atomic mass is 16.4. The van der Waals surface area contributed by atoms with Crippen molar-refractivity contribution in [2.24, 2.45) is 28.2 Å². The SMILES string of the molecule is CC1=Cc2c(oc3nc(C)ccc23)N(C)B1c1cc(C)c(C)c[n+]1C.CC1=Cc2oc3nc(C)ccc3c2N(C)B1c1cc(C)cc[n+]1C.CC1=Cc2oc3nc(C)ccc3c2N(C)B1c1ccc(C)c[n+]1C.CC1=Cc2oc3nc(C)ccc3c2N(C)B1c1ccc(C)c[n+]1C. The number of anilines is 4. The fraction of sp³-hybridized carbons (Fsp3) is 0.273. The molecule has 0 N–H and O–H groups in total. The average molecular weight is 1290 g/mol. The fourth-order valence-corrected chi connectivity index (χ4v) is 14.9. The molecule has 486 valence electrons. The van der Waals surface area contributed by atoms with Crippen LogP contribution in [0.2, 0.25) is 0 Å². The number of aryl methyl sites for hydroxylation is 13. The molecular weight excluding hydrogens is 1200 g/mol. The molecular formula is C77H86B4N12O4+4. The normalized spacial score (nSPS) is 14.1. The molecule has 97 heavy (non-hydrogen) atoms. The Kier molecular flexibility index (Phi) is 17.1. The molecule has 0 unspecified atom stereocenters. The Balaban J connectivity index is 0.000000117. The van der Waals surface area contributed by atoms with E-state index in [9.17, 15) is 0 Å². The molecule has 16 heterocycles. The molecule has 0 bridgehead atoms. The molecule has 16 rings (SSSR count). The molecule has 0 aromatic carbocycles. The third-order valence-electron chi connectivity index (χ3n) is 19.8. The van der Waals surface area contributed by atoms with Crippen molar-refractivity contribution in [2.45, 2.75) is 90.0 Å². The van der Waals surface area contributed by atoms with E-state index in [1.165, 1.54) is 72.1 Å². The lowest BCUT2D eigenvalue weighted by Gasteiger charge is -2.29. The predicted octanol–water partition coefficient (Wildman–Crippen LogP) is 10.5. The third kappa shape index (κ3) is 11.9. The summed E-state index contributed by atoms with van der Waals surface area (Å²) in [6.45, 7) is 28.0. The molecule has 0 spiro atoms. The van der Waals surface area contributed by atoms with Crippen LogP contribution in [0, 0.1) is 62.3 Å². The number of aromatic nitrogens is 8. The van der Waals surface area contributed by atoms with Crippen molar-refractivity contribution in [3.63, 3.8) is 0 Å². The van der Waals surface area contributed by atoms with Crippen molar-refractivity contribution >= 4 is 141 Å². The Morgan fingerprint density at radius 1 is 0.330 bits per heavy atom. The lowest BCUT2D eigenvalue weighted by Crippen LogP contribution is -2.62. The van der Waals surface area contributed by atoms with E-state index in [0.717, 1.165) is 90.1 Å². The van der Waals surface area contributed by atoms with Crippen LogP contribution in [0.1, 0.15) is 101 Å². The van der Waals surface area contributed by atoms with Gasteiger partial charge in [0.1, 0.15) is 28.2 Å². The molecule has 20 heteroatoms. The fourth-order valence-electron chi connectivity index (χ4n) is 14.9. The van der Waals surface area contributed by atoms with Crippen LogP contribution in [0.25, 0.3) is 68.7 Å². The highest BCUT2D eigenvalue weighted by Gasteiger charge is 2.43. The Hall–Kier alpha value is -10.2. The van der Waals surface area contributed by atoms with Gasteiger partial charge in [-0.05, 0) is 220 Å². The third-order valence-corrected chi connectivity index (χ3v) is 19.8. The maximum atomic E-state index is 6.14. The van der Waals surface area contributed by atoms with E-state index in [0.29, 0.717) is 22.9 Å². The zero-order chi connectivity index (χ0) is 68.9. The summed E-state index contributed by atoms with van der Waals surface area (Å²) in [6.07, 6.45) is 17.4. The summed E-state index contributed by atoms with van der Waals surface area (Å²) in [4.78, 5) is 27.3. The van der Waals surface area contributed by atoms with Gasteiger partial charge in [0.05, 0.1) is 33.2 Å². The quantitative estimate of drug-likeness (QED) is 0.123. The van der Waals surface area contributed by atoms with Gasteiger partial charge in [0, 0.05) is 68.6 Å². The van der Waals surface area contributed by atoms with Crippen LogP contribution < -0.4 is 59.9 Å². The first-order chi connectivity index (χ1) is 46.2. The number of allylic oxidation sites excluding steroid dienone is 4. The lowest BCUT2D eigenvalue weighted by molar-refractivity contribution is -0.654. The average Bonchev–Trinajstić information content (AvgIpc) is 1.67. The minimum atomic E-state index is 0.151.